The Labute approximate surface area is 281 Å². The first-order valence-corrected chi connectivity index (χ1v) is 20.7. The van der Waals surface area contributed by atoms with Gasteiger partial charge >= 0.3 is 11.9 Å². The Hall–Kier alpha value is -2.29. The number of para-hydroxylation sites is 1. The quantitative estimate of drug-likeness (QED) is 0.186. The van der Waals surface area contributed by atoms with Crippen LogP contribution in [0.1, 0.15) is 99.4 Å². The van der Waals surface area contributed by atoms with E-state index in [-0.39, 0.29) is 47.1 Å². The highest BCUT2D eigenvalue weighted by atomic mass is 32.1. The summed E-state index contributed by atoms with van der Waals surface area (Å²) in [6, 6.07) is 10.1. The fourth-order valence-electron chi connectivity index (χ4n) is 8.20. The number of esters is 2. The Morgan fingerprint density at radius 2 is 1.78 bits per heavy atom. The van der Waals surface area contributed by atoms with E-state index < -0.39 is 13.7 Å². The fourth-order valence-corrected chi connectivity index (χ4v) is 13.4. The van der Waals surface area contributed by atoms with Crippen molar-refractivity contribution in [3.8, 4) is 0 Å². The number of cyclic esters (lactones) is 1. The number of allylic oxidation sites excluding steroid dienone is 3. The fraction of sp³-hybridized carbons (Fsp3) is 0.658. The number of fused-ring (bicyclic) bond motifs is 2. The molecule has 1 aromatic heterocycles. The van der Waals surface area contributed by atoms with Crippen LogP contribution in [-0.4, -0.2) is 43.6 Å². The molecule has 7 atom stereocenters. The number of nitrogens with zero attached hydrogens (tertiary/aromatic N) is 1. The molecule has 2 aliphatic carbocycles. The third-order valence-corrected chi connectivity index (χ3v) is 18.3. The van der Waals surface area contributed by atoms with Gasteiger partial charge in [0.15, 0.2) is 8.32 Å². The van der Waals surface area contributed by atoms with Crippen LogP contribution in [-0.2, 0) is 28.9 Å². The first kappa shape index (κ1) is 35.0. The lowest BCUT2D eigenvalue weighted by Crippen LogP contribution is -2.50. The second-order valence-electron chi connectivity index (χ2n) is 15.7. The number of hydrogen-bond acceptors (Lipinski definition) is 7. The zero-order chi connectivity index (χ0) is 33.4. The van der Waals surface area contributed by atoms with Crippen molar-refractivity contribution < 1.29 is 23.5 Å². The number of rotatable bonds is 10. The molecule has 1 fully saturated rings. The number of carbonyl (C=O) groups excluding carboxylic acids is 2. The lowest BCUT2D eigenvalue weighted by Gasteiger charge is -2.45. The second kappa shape index (κ2) is 13.7. The molecule has 46 heavy (non-hydrogen) atoms. The SMILES string of the molecule is CC[Si](CC)(O[C@H]1CC(=O)O[C@H](CC[C@@H]2[C@@H]3C(=C[C@H](C)C[C@@H]3OC(=O)C(C)(C)c3nc4ccccc4s3)C=C[C@@H]2C)C1)C(C)(C)C. The first-order valence-electron chi connectivity index (χ1n) is 17.5. The van der Waals surface area contributed by atoms with Gasteiger partial charge in [0.2, 0.25) is 0 Å². The van der Waals surface area contributed by atoms with Gasteiger partial charge in [0.25, 0.3) is 0 Å². The van der Waals surface area contributed by atoms with Crippen LogP contribution in [0.3, 0.4) is 0 Å². The maximum Gasteiger partial charge on any atom is 0.318 e. The molecule has 0 amide bonds. The molecule has 5 rings (SSSR count). The van der Waals surface area contributed by atoms with E-state index in [0.29, 0.717) is 18.3 Å². The van der Waals surface area contributed by atoms with Crippen molar-refractivity contribution in [2.24, 2.45) is 23.7 Å². The Kier molecular flexibility index (Phi) is 10.4. The molecule has 1 aromatic carbocycles. The monoisotopic (exact) mass is 665 g/mol. The maximum absolute atomic E-state index is 13.9. The topological polar surface area (TPSA) is 74.7 Å². The molecule has 1 saturated heterocycles. The molecule has 0 spiro atoms. The smallest absolute Gasteiger partial charge is 0.318 e. The van der Waals surface area contributed by atoms with Gasteiger partial charge in [0, 0.05) is 12.3 Å². The number of aromatic nitrogens is 1. The Balaban J connectivity index is 1.31. The van der Waals surface area contributed by atoms with E-state index >= 15 is 0 Å². The highest BCUT2D eigenvalue weighted by Gasteiger charge is 2.47. The van der Waals surface area contributed by atoms with Crippen LogP contribution < -0.4 is 0 Å². The minimum atomic E-state index is -2.04. The third-order valence-electron chi connectivity index (χ3n) is 11.1. The van der Waals surface area contributed by atoms with Crippen molar-refractivity contribution in [2.75, 3.05) is 0 Å². The molecule has 0 saturated carbocycles. The molecule has 1 aliphatic heterocycles. The van der Waals surface area contributed by atoms with Crippen molar-refractivity contribution >= 4 is 41.8 Å². The maximum atomic E-state index is 13.9. The van der Waals surface area contributed by atoms with Gasteiger partial charge in [-0.2, -0.15) is 0 Å². The van der Waals surface area contributed by atoms with E-state index in [1.807, 2.05) is 38.1 Å². The van der Waals surface area contributed by atoms with Crippen molar-refractivity contribution in [2.45, 2.75) is 135 Å². The van der Waals surface area contributed by atoms with Crippen LogP contribution in [0.25, 0.3) is 10.2 Å². The number of carbonyl (C=O) groups is 2. The molecule has 0 radical (unpaired) electrons. The molecule has 2 heterocycles. The molecular weight excluding hydrogens is 611 g/mol. The molecule has 0 N–H and O–H groups in total. The summed E-state index contributed by atoms with van der Waals surface area (Å²) in [5.41, 5.74) is 1.33. The van der Waals surface area contributed by atoms with Crippen LogP contribution in [0, 0.1) is 23.7 Å². The predicted octanol–water partition coefficient (Wildman–Crippen LogP) is 9.55. The van der Waals surface area contributed by atoms with Crippen LogP contribution in [0.4, 0.5) is 0 Å². The van der Waals surface area contributed by atoms with E-state index in [2.05, 4.69) is 66.7 Å². The molecule has 8 heteroatoms. The van der Waals surface area contributed by atoms with Crippen LogP contribution in [0.2, 0.25) is 17.1 Å². The van der Waals surface area contributed by atoms with Gasteiger partial charge in [0.05, 0.1) is 22.7 Å². The molecule has 6 nitrogen and oxygen atoms in total. The lowest BCUT2D eigenvalue weighted by molar-refractivity contribution is -0.162. The Morgan fingerprint density at radius 3 is 2.46 bits per heavy atom. The normalized spacial score (nSPS) is 28.8. The summed E-state index contributed by atoms with van der Waals surface area (Å²) >= 11 is 1.57. The third kappa shape index (κ3) is 7.09. The van der Waals surface area contributed by atoms with E-state index in [9.17, 15) is 9.59 Å². The number of hydrogen-bond donors (Lipinski definition) is 0. The van der Waals surface area contributed by atoms with Gasteiger partial charge in [-0.25, -0.2) is 4.98 Å². The minimum absolute atomic E-state index is 0.0786. The molecular formula is C38H55NO5SSi. The van der Waals surface area contributed by atoms with Crippen LogP contribution in [0.15, 0.2) is 48.1 Å². The summed E-state index contributed by atoms with van der Waals surface area (Å²) in [6.07, 6.45) is 10.0. The van der Waals surface area contributed by atoms with Gasteiger partial charge < -0.3 is 13.9 Å². The summed E-state index contributed by atoms with van der Waals surface area (Å²) in [4.78, 5) is 31.6. The lowest BCUT2D eigenvalue weighted by atomic mass is 9.65. The van der Waals surface area contributed by atoms with Gasteiger partial charge in [0.1, 0.15) is 22.6 Å². The van der Waals surface area contributed by atoms with Crippen molar-refractivity contribution in [3.05, 3.63) is 53.1 Å². The second-order valence-corrected chi connectivity index (χ2v) is 21.8. The average molecular weight is 666 g/mol. The number of thiazole rings is 1. The van der Waals surface area contributed by atoms with Gasteiger partial charge in [-0.3, -0.25) is 9.59 Å². The minimum Gasteiger partial charge on any atom is -0.462 e. The van der Waals surface area contributed by atoms with E-state index in [1.54, 1.807) is 11.3 Å². The molecule has 0 unspecified atom stereocenters. The van der Waals surface area contributed by atoms with Crippen molar-refractivity contribution in [3.63, 3.8) is 0 Å². The molecule has 3 aliphatic rings. The van der Waals surface area contributed by atoms with E-state index in [0.717, 1.165) is 53.0 Å². The summed E-state index contributed by atoms with van der Waals surface area (Å²) in [7, 11) is -2.04. The molecule has 252 valence electrons. The molecule has 2 aromatic rings. The van der Waals surface area contributed by atoms with Crippen LogP contribution in [0.5, 0.6) is 0 Å². The number of ether oxygens (including phenoxy) is 2. The summed E-state index contributed by atoms with van der Waals surface area (Å²) < 4.78 is 20.5. The molecule has 0 bridgehead atoms. The summed E-state index contributed by atoms with van der Waals surface area (Å²) in [5, 5.41) is 0.888. The Bertz CT molecular complexity index is 1430. The zero-order valence-electron chi connectivity index (χ0n) is 29.4. The van der Waals surface area contributed by atoms with Crippen LogP contribution >= 0.6 is 11.3 Å². The van der Waals surface area contributed by atoms with Gasteiger partial charge in [-0.1, -0.05) is 78.8 Å². The standard InChI is InChI=1S/C38H55NO5SSi/c1-10-46(11-2,37(5,6)7)44-28-22-27(42-33(40)23-28)18-19-29-25(4)16-17-26-20-24(3)21-31(34(26)29)43-36(41)38(8,9)35-39-30-14-12-13-15-32(30)45-35/h12-17,20,24-25,27-29,31,34H,10-11,18-19,21-23H2,1-9H3/t24-,25-,27+,28+,29-,31-,34-/m0/s1. The summed E-state index contributed by atoms with van der Waals surface area (Å²) in [6.45, 7) is 19.7. The van der Waals surface area contributed by atoms with Crippen molar-refractivity contribution in [1.82, 2.24) is 4.98 Å². The Morgan fingerprint density at radius 1 is 1.07 bits per heavy atom. The largest absolute Gasteiger partial charge is 0.462 e. The van der Waals surface area contributed by atoms with Crippen molar-refractivity contribution in [1.29, 1.82) is 0 Å². The number of benzene rings is 1. The van der Waals surface area contributed by atoms with E-state index in [4.69, 9.17) is 18.9 Å². The average Bonchev–Trinajstić information content (AvgIpc) is 3.44. The van der Waals surface area contributed by atoms with Gasteiger partial charge in [-0.15, -0.1) is 11.3 Å². The highest BCUT2D eigenvalue weighted by Crippen LogP contribution is 2.47. The highest BCUT2D eigenvalue weighted by molar-refractivity contribution is 7.18. The van der Waals surface area contributed by atoms with Gasteiger partial charge in [-0.05, 0) is 85.7 Å². The first-order chi connectivity index (χ1) is 21.7. The summed E-state index contributed by atoms with van der Waals surface area (Å²) in [5.74, 6) is 0.667. The zero-order valence-corrected chi connectivity index (χ0v) is 31.2. The predicted molar refractivity (Wildman–Crippen MR) is 189 cm³/mol. The van der Waals surface area contributed by atoms with E-state index in [1.165, 1.54) is 5.57 Å².